The Morgan fingerprint density at radius 2 is 1.89 bits per heavy atom. The first-order valence-corrected chi connectivity index (χ1v) is 12.7. The third-order valence-electron chi connectivity index (χ3n) is 6.76. The summed E-state index contributed by atoms with van der Waals surface area (Å²) in [4.78, 5) is 52.2. The van der Waals surface area contributed by atoms with E-state index in [1.165, 1.54) is 0 Å². The number of hydrogen-bond acceptors (Lipinski definition) is 7. The monoisotopic (exact) mass is 500 g/mol. The van der Waals surface area contributed by atoms with E-state index in [1.54, 1.807) is 15.9 Å². The summed E-state index contributed by atoms with van der Waals surface area (Å²) in [5.41, 5.74) is 1.81. The molecule has 1 aromatic rings. The lowest BCUT2D eigenvalue weighted by molar-refractivity contribution is -0.136. The molecule has 3 aliphatic heterocycles. The molecule has 36 heavy (non-hydrogen) atoms. The van der Waals surface area contributed by atoms with Crippen LogP contribution in [0.1, 0.15) is 62.4 Å². The van der Waals surface area contributed by atoms with Crippen LogP contribution in [0.4, 0.5) is 10.5 Å². The summed E-state index contributed by atoms with van der Waals surface area (Å²) < 4.78 is 11.3. The first kappa shape index (κ1) is 25.9. The summed E-state index contributed by atoms with van der Waals surface area (Å²) >= 11 is 0. The van der Waals surface area contributed by atoms with E-state index in [2.05, 4.69) is 10.6 Å². The van der Waals surface area contributed by atoms with Gasteiger partial charge < -0.3 is 24.6 Å². The van der Waals surface area contributed by atoms with Gasteiger partial charge in [-0.05, 0) is 58.1 Å². The minimum Gasteiger partial charge on any atom is -0.444 e. The van der Waals surface area contributed by atoms with Crippen molar-refractivity contribution in [2.24, 2.45) is 5.92 Å². The number of benzene rings is 1. The minimum absolute atomic E-state index is 0.183. The van der Waals surface area contributed by atoms with Gasteiger partial charge >= 0.3 is 6.09 Å². The molecule has 10 nitrogen and oxygen atoms in total. The van der Waals surface area contributed by atoms with Crippen molar-refractivity contribution in [1.29, 1.82) is 0 Å². The Kier molecular flexibility index (Phi) is 7.82. The van der Waals surface area contributed by atoms with Crippen LogP contribution in [0.2, 0.25) is 0 Å². The van der Waals surface area contributed by atoms with Gasteiger partial charge in [0, 0.05) is 56.0 Å². The summed E-state index contributed by atoms with van der Waals surface area (Å²) in [6.45, 7) is 9.03. The number of likely N-dealkylation sites (tertiary alicyclic amines) is 1. The molecule has 4 amide bonds. The Bertz CT molecular complexity index is 1010. The average molecular weight is 501 g/mol. The lowest BCUT2D eigenvalue weighted by Crippen LogP contribution is -2.52. The second-order valence-corrected chi connectivity index (χ2v) is 10.6. The fourth-order valence-corrected chi connectivity index (χ4v) is 4.87. The third-order valence-corrected chi connectivity index (χ3v) is 6.76. The van der Waals surface area contributed by atoms with Gasteiger partial charge in [-0.2, -0.15) is 0 Å². The topological polar surface area (TPSA) is 117 Å². The number of piperidine rings is 2. The first-order chi connectivity index (χ1) is 17.1. The fraction of sp³-hybridized carbons (Fsp3) is 0.615. The highest BCUT2D eigenvalue weighted by atomic mass is 16.6. The van der Waals surface area contributed by atoms with Crippen LogP contribution < -0.4 is 10.6 Å². The molecule has 1 atom stereocenters. The normalized spacial score (nSPS) is 20.9. The Hall–Kier alpha value is -3.14. The minimum atomic E-state index is -0.625. The smallest absolute Gasteiger partial charge is 0.410 e. The molecule has 0 aliphatic carbocycles. The number of nitrogens with zero attached hydrogens (tertiary/aromatic N) is 2. The number of hydrogen-bond donors (Lipinski definition) is 2. The van der Waals surface area contributed by atoms with Crippen LogP contribution in [0.15, 0.2) is 18.2 Å². The van der Waals surface area contributed by atoms with E-state index in [1.807, 2.05) is 32.9 Å². The Morgan fingerprint density at radius 3 is 2.58 bits per heavy atom. The molecule has 10 heteroatoms. The second kappa shape index (κ2) is 10.9. The third kappa shape index (κ3) is 6.16. The SMILES string of the molecule is CC(C)(C)OC(=O)N1CCC(COCCNc2cccc3c2CN(C2CCC(=O)NC2=O)C3=O)CC1. The predicted octanol–water partition coefficient (Wildman–Crippen LogP) is 2.52. The molecule has 3 heterocycles. The number of carbonyl (C=O) groups excluding carboxylic acids is 4. The van der Waals surface area contributed by atoms with Crippen molar-refractivity contribution in [1.82, 2.24) is 15.1 Å². The van der Waals surface area contributed by atoms with Crippen LogP contribution in [0.5, 0.6) is 0 Å². The van der Waals surface area contributed by atoms with Crippen LogP contribution in [0, 0.1) is 5.92 Å². The number of ether oxygens (including phenoxy) is 2. The molecule has 2 saturated heterocycles. The molecule has 0 spiro atoms. The van der Waals surface area contributed by atoms with Crippen LogP contribution in [0.25, 0.3) is 0 Å². The highest BCUT2D eigenvalue weighted by Crippen LogP contribution is 2.32. The lowest BCUT2D eigenvalue weighted by Gasteiger charge is -2.33. The molecule has 2 N–H and O–H groups in total. The number of amides is 4. The molecule has 4 rings (SSSR count). The summed E-state index contributed by atoms with van der Waals surface area (Å²) in [6.07, 6.45) is 2.10. The highest BCUT2D eigenvalue weighted by molar-refractivity contribution is 6.06. The molecule has 0 bridgehead atoms. The first-order valence-electron chi connectivity index (χ1n) is 12.7. The molecule has 1 aromatic carbocycles. The summed E-state index contributed by atoms with van der Waals surface area (Å²) in [5, 5.41) is 5.69. The number of nitrogens with one attached hydrogen (secondary N) is 2. The second-order valence-electron chi connectivity index (χ2n) is 10.6. The summed E-state index contributed by atoms with van der Waals surface area (Å²) in [6, 6.07) is 4.90. The number of anilines is 1. The van der Waals surface area contributed by atoms with E-state index in [-0.39, 0.29) is 24.3 Å². The van der Waals surface area contributed by atoms with Gasteiger partial charge in [0.05, 0.1) is 6.61 Å². The molecule has 0 aromatic heterocycles. The average Bonchev–Trinajstić information content (AvgIpc) is 3.15. The van der Waals surface area contributed by atoms with Gasteiger partial charge in [0.1, 0.15) is 11.6 Å². The van der Waals surface area contributed by atoms with E-state index in [0.717, 1.165) is 24.1 Å². The zero-order valence-electron chi connectivity index (χ0n) is 21.3. The Morgan fingerprint density at radius 1 is 1.14 bits per heavy atom. The molecule has 2 fully saturated rings. The van der Waals surface area contributed by atoms with Gasteiger partial charge in [-0.25, -0.2) is 4.79 Å². The van der Waals surface area contributed by atoms with Gasteiger partial charge in [-0.1, -0.05) is 6.07 Å². The zero-order valence-corrected chi connectivity index (χ0v) is 21.3. The number of carbonyl (C=O) groups is 4. The molecule has 3 aliphatic rings. The van der Waals surface area contributed by atoms with Crippen LogP contribution in [-0.4, -0.2) is 78.1 Å². The van der Waals surface area contributed by atoms with Crippen molar-refractivity contribution in [3.63, 3.8) is 0 Å². The summed E-state index contributed by atoms with van der Waals surface area (Å²) in [5.74, 6) is -0.481. The zero-order chi connectivity index (χ0) is 25.9. The van der Waals surface area contributed by atoms with Crippen LogP contribution in [-0.2, 0) is 25.6 Å². The summed E-state index contributed by atoms with van der Waals surface area (Å²) in [7, 11) is 0. The standard InChI is InChI=1S/C26H36N4O6/c1-26(2,3)36-25(34)29-12-9-17(10-13-29)16-35-14-11-27-20-6-4-5-18-19(20)15-30(24(18)33)21-7-8-22(31)28-23(21)32/h4-6,17,21,27H,7-16H2,1-3H3,(H,28,31,32). The number of rotatable bonds is 7. The fourth-order valence-electron chi connectivity index (χ4n) is 4.87. The van der Waals surface area contributed by atoms with Crippen molar-refractivity contribution in [3.05, 3.63) is 29.3 Å². The largest absolute Gasteiger partial charge is 0.444 e. The maximum Gasteiger partial charge on any atom is 0.410 e. The Labute approximate surface area is 211 Å². The maximum absolute atomic E-state index is 12.9. The van der Waals surface area contributed by atoms with E-state index >= 15 is 0 Å². The van der Waals surface area contributed by atoms with E-state index < -0.39 is 17.6 Å². The Balaban J connectivity index is 1.20. The molecular weight excluding hydrogens is 464 g/mol. The number of fused-ring (bicyclic) bond motifs is 1. The van der Waals surface area contributed by atoms with Crippen molar-refractivity contribution in [2.45, 2.75) is 64.6 Å². The molecule has 0 saturated carbocycles. The van der Waals surface area contributed by atoms with Crippen molar-refractivity contribution >= 4 is 29.5 Å². The highest BCUT2D eigenvalue weighted by Gasteiger charge is 2.39. The van der Waals surface area contributed by atoms with Crippen LogP contribution in [0.3, 0.4) is 0 Å². The van der Waals surface area contributed by atoms with E-state index in [0.29, 0.717) is 57.3 Å². The molecule has 1 unspecified atom stereocenters. The van der Waals surface area contributed by atoms with Crippen molar-refractivity contribution in [2.75, 3.05) is 38.2 Å². The molecule has 0 radical (unpaired) electrons. The predicted molar refractivity (Wildman–Crippen MR) is 132 cm³/mol. The van der Waals surface area contributed by atoms with Crippen LogP contribution >= 0.6 is 0 Å². The maximum atomic E-state index is 12.9. The van der Waals surface area contributed by atoms with Gasteiger partial charge in [-0.15, -0.1) is 0 Å². The van der Waals surface area contributed by atoms with E-state index in [9.17, 15) is 19.2 Å². The quantitative estimate of drug-likeness (QED) is 0.436. The molecular formula is C26H36N4O6. The van der Waals surface area contributed by atoms with Gasteiger partial charge in [0.25, 0.3) is 5.91 Å². The van der Waals surface area contributed by atoms with Gasteiger partial charge in [0.15, 0.2) is 0 Å². The van der Waals surface area contributed by atoms with Gasteiger partial charge in [-0.3, -0.25) is 19.7 Å². The lowest BCUT2D eigenvalue weighted by atomic mass is 9.98. The number of imide groups is 1. The van der Waals surface area contributed by atoms with Crippen molar-refractivity contribution in [3.8, 4) is 0 Å². The van der Waals surface area contributed by atoms with Gasteiger partial charge in [0.2, 0.25) is 11.8 Å². The molecule has 196 valence electrons. The van der Waals surface area contributed by atoms with Crippen molar-refractivity contribution < 1.29 is 28.7 Å². The van der Waals surface area contributed by atoms with E-state index in [4.69, 9.17) is 9.47 Å².